The molecule has 0 unspecified atom stereocenters. The van der Waals surface area contributed by atoms with Crippen LogP contribution in [0.1, 0.15) is 18.4 Å². The lowest BCUT2D eigenvalue weighted by molar-refractivity contribution is -0.137. The highest BCUT2D eigenvalue weighted by molar-refractivity contribution is 14.1. The molecule has 0 radical (unpaired) electrons. The van der Waals surface area contributed by atoms with Crippen LogP contribution in [-0.4, -0.2) is 21.0 Å². The number of nitrogens with one attached hydrogen (secondary N) is 2. The Balaban J connectivity index is 2.17. The Kier molecular flexibility index (Phi) is 3.71. The minimum atomic E-state index is -0.799. The molecular weight excluding hydrogens is 383 g/mol. The summed E-state index contributed by atoms with van der Waals surface area (Å²) in [5, 5.41) is 10.6. The van der Waals surface area contributed by atoms with E-state index in [2.05, 4.69) is 32.6 Å². The van der Waals surface area contributed by atoms with E-state index in [9.17, 15) is 9.59 Å². The van der Waals surface area contributed by atoms with Gasteiger partial charge in [0.15, 0.2) is 0 Å². The zero-order valence-electron chi connectivity index (χ0n) is 11.1. The van der Waals surface area contributed by atoms with Crippen LogP contribution in [0.5, 0.6) is 0 Å². The van der Waals surface area contributed by atoms with Crippen LogP contribution in [0.25, 0.3) is 21.8 Å². The van der Waals surface area contributed by atoms with Crippen molar-refractivity contribution in [3.63, 3.8) is 0 Å². The first-order valence-electron chi connectivity index (χ1n) is 6.59. The SMILES string of the molecule is O=C(O)CCCc1c[nH]c2c(=O)[nH]c3ccc(I)cc3c12. The van der Waals surface area contributed by atoms with Gasteiger partial charge in [0.1, 0.15) is 5.52 Å². The molecule has 0 fully saturated rings. The Bertz CT molecular complexity index is 895. The van der Waals surface area contributed by atoms with Gasteiger partial charge in [-0.05, 0) is 59.2 Å². The molecule has 108 valence electrons. The number of pyridine rings is 1. The number of hydrogen-bond donors (Lipinski definition) is 3. The van der Waals surface area contributed by atoms with E-state index in [4.69, 9.17) is 5.11 Å². The smallest absolute Gasteiger partial charge is 0.303 e. The molecule has 2 aromatic heterocycles. The number of fused-ring (bicyclic) bond motifs is 3. The summed E-state index contributed by atoms with van der Waals surface area (Å²) in [7, 11) is 0. The van der Waals surface area contributed by atoms with Gasteiger partial charge in [-0.25, -0.2) is 0 Å². The molecule has 0 spiro atoms. The molecule has 3 aromatic rings. The zero-order valence-corrected chi connectivity index (χ0v) is 13.2. The third-order valence-electron chi connectivity index (χ3n) is 3.52. The molecule has 2 heterocycles. The van der Waals surface area contributed by atoms with Crippen LogP contribution in [0.2, 0.25) is 0 Å². The lowest BCUT2D eigenvalue weighted by Crippen LogP contribution is -2.06. The number of carbonyl (C=O) groups is 1. The Morgan fingerprint density at radius 1 is 1.33 bits per heavy atom. The van der Waals surface area contributed by atoms with E-state index in [1.54, 1.807) is 6.20 Å². The summed E-state index contributed by atoms with van der Waals surface area (Å²) in [5.74, 6) is -0.799. The Morgan fingerprint density at radius 3 is 2.90 bits per heavy atom. The predicted octanol–water partition coefficient (Wildman–Crippen LogP) is 3.02. The van der Waals surface area contributed by atoms with E-state index < -0.39 is 5.97 Å². The van der Waals surface area contributed by atoms with E-state index in [-0.39, 0.29) is 12.0 Å². The Morgan fingerprint density at radius 2 is 2.14 bits per heavy atom. The van der Waals surface area contributed by atoms with Crippen molar-refractivity contribution in [2.75, 3.05) is 0 Å². The van der Waals surface area contributed by atoms with Crippen molar-refractivity contribution in [1.82, 2.24) is 9.97 Å². The highest BCUT2D eigenvalue weighted by Gasteiger charge is 2.12. The molecule has 6 heteroatoms. The number of H-pyrrole nitrogens is 2. The maximum Gasteiger partial charge on any atom is 0.303 e. The zero-order chi connectivity index (χ0) is 15.0. The number of benzene rings is 1. The van der Waals surface area contributed by atoms with Gasteiger partial charge >= 0.3 is 5.97 Å². The van der Waals surface area contributed by atoms with Crippen molar-refractivity contribution in [2.45, 2.75) is 19.3 Å². The fourth-order valence-corrected chi connectivity index (χ4v) is 3.09. The normalized spacial score (nSPS) is 11.3. The number of halogens is 1. The number of carboxylic acids is 1. The first kappa shape index (κ1) is 14.1. The molecular formula is C15H13IN2O3. The molecule has 0 saturated heterocycles. The van der Waals surface area contributed by atoms with E-state index >= 15 is 0 Å². The molecule has 0 atom stereocenters. The average Bonchev–Trinajstić information content (AvgIpc) is 2.84. The van der Waals surface area contributed by atoms with Gasteiger partial charge in [-0.3, -0.25) is 9.59 Å². The standard InChI is InChI=1S/C15H13IN2O3/c16-9-4-5-11-10(6-9)13-8(2-1-3-12(19)20)7-17-14(13)15(21)18-11/h4-7,17H,1-3H2,(H,18,21)(H,19,20). The monoisotopic (exact) mass is 396 g/mol. The second kappa shape index (κ2) is 5.51. The van der Waals surface area contributed by atoms with Gasteiger partial charge < -0.3 is 15.1 Å². The topological polar surface area (TPSA) is 85.9 Å². The fraction of sp³-hybridized carbons (Fsp3) is 0.200. The minimum absolute atomic E-state index is 0.130. The molecule has 0 aliphatic rings. The first-order chi connectivity index (χ1) is 10.1. The van der Waals surface area contributed by atoms with E-state index in [0.29, 0.717) is 18.4 Å². The maximum atomic E-state index is 12.1. The fourth-order valence-electron chi connectivity index (χ4n) is 2.60. The number of hydrogen-bond acceptors (Lipinski definition) is 2. The van der Waals surface area contributed by atoms with Gasteiger partial charge in [0.25, 0.3) is 5.56 Å². The van der Waals surface area contributed by atoms with Crippen molar-refractivity contribution >= 4 is 50.4 Å². The lowest BCUT2D eigenvalue weighted by atomic mass is 10.0. The molecule has 0 aliphatic carbocycles. The minimum Gasteiger partial charge on any atom is -0.481 e. The molecule has 3 N–H and O–H groups in total. The molecule has 0 saturated carbocycles. The second-order valence-electron chi connectivity index (χ2n) is 4.96. The summed E-state index contributed by atoms with van der Waals surface area (Å²) >= 11 is 2.24. The highest BCUT2D eigenvalue weighted by Crippen LogP contribution is 2.27. The number of carboxylic acid groups (broad SMARTS) is 1. The van der Waals surface area contributed by atoms with E-state index in [1.165, 1.54) is 0 Å². The number of aliphatic carboxylic acids is 1. The summed E-state index contributed by atoms with van der Waals surface area (Å²) in [4.78, 5) is 28.6. The van der Waals surface area contributed by atoms with Gasteiger partial charge in [0.2, 0.25) is 0 Å². The third kappa shape index (κ3) is 2.67. The lowest BCUT2D eigenvalue weighted by Gasteiger charge is -2.04. The first-order valence-corrected chi connectivity index (χ1v) is 7.67. The van der Waals surface area contributed by atoms with Gasteiger partial charge in [0.05, 0.1) is 0 Å². The summed E-state index contributed by atoms with van der Waals surface area (Å²) in [5.41, 5.74) is 2.19. The quantitative estimate of drug-likeness (QED) is 0.593. The van der Waals surface area contributed by atoms with Gasteiger partial charge in [-0.2, -0.15) is 0 Å². The molecule has 0 aliphatic heterocycles. The van der Waals surface area contributed by atoms with Gasteiger partial charge in [-0.15, -0.1) is 0 Å². The van der Waals surface area contributed by atoms with Crippen LogP contribution in [-0.2, 0) is 11.2 Å². The summed E-state index contributed by atoms with van der Waals surface area (Å²) in [6.45, 7) is 0. The highest BCUT2D eigenvalue weighted by atomic mass is 127. The second-order valence-corrected chi connectivity index (χ2v) is 6.20. The van der Waals surface area contributed by atoms with Crippen LogP contribution in [0.15, 0.2) is 29.2 Å². The van der Waals surface area contributed by atoms with E-state index in [0.717, 1.165) is 25.4 Å². The predicted molar refractivity (Wildman–Crippen MR) is 89.7 cm³/mol. The molecule has 1 aromatic carbocycles. The Hall–Kier alpha value is -1.83. The van der Waals surface area contributed by atoms with Gasteiger partial charge in [-0.1, -0.05) is 0 Å². The third-order valence-corrected chi connectivity index (χ3v) is 4.20. The van der Waals surface area contributed by atoms with Crippen molar-refractivity contribution < 1.29 is 9.90 Å². The van der Waals surface area contributed by atoms with E-state index in [1.807, 2.05) is 18.2 Å². The van der Waals surface area contributed by atoms with Crippen molar-refractivity contribution in [1.29, 1.82) is 0 Å². The summed E-state index contributed by atoms with van der Waals surface area (Å²) in [6.07, 6.45) is 3.13. The van der Waals surface area contributed by atoms with Crippen LogP contribution < -0.4 is 5.56 Å². The largest absolute Gasteiger partial charge is 0.481 e. The number of aromatic amines is 2. The van der Waals surface area contributed by atoms with Crippen LogP contribution in [0.4, 0.5) is 0 Å². The molecule has 0 amide bonds. The van der Waals surface area contributed by atoms with Gasteiger partial charge in [0, 0.05) is 32.5 Å². The molecule has 0 bridgehead atoms. The Labute approximate surface area is 133 Å². The molecule has 21 heavy (non-hydrogen) atoms. The van der Waals surface area contributed by atoms with Crippen LogP contribution in [0.3, 0.4) is 0 Å². The van der Waals surface area contributed by atoms with Crippen molar-refractivity contribution in [2.24, 2.45) is 0 Å². The average molecular weight is 396 g/mol. The summed E-state index contributed by atoms with van der Waals surface area (Å²) in [6, 6.07) is 5.87. The van der Waals surface area contributed by atoms with Crippen LogP contribution in [0, 0.1) is 3.57 Å². The molecule has 3 rings (SSSR count). The number of rotatable bonds is 4. The van der Waals surface area contributed by atoms with Crippen molar-refractivity contribution in [3.05, 3.63) is 43.9 Å². The number of aromatic nitrogens is 2. The number of aryl methyl sites for hydroxylation is 1. The summed E-state index contributed by atoms with van der Waals surface area (Å²) < 4.78 is 1.09. The van der Waals surface area contributed by atoms with Crippen LogP contribution >= 0.6 is 22.6 Å². The van der Waals surface area contributed by atoms with Crippen molar-refractivity contribution in [3.8, 4) is 0 Å². The maximum absolute atomic E-state index is 12.1. The molecule has 5 nitrogen and oxygen atoms in total.